The van der Waals surface area contributed by atoms with Crippen molar-refractivity contribution >= 4 is 38.4 Å². The number of aromatic nitrogens is 3. The molecule has 3 aromatic rings. The minimum atomic E-state index is -3.82. The Morgan fingerprint density at radius 3 is 2.72 bits per heavy atom. The fourth-order valence-corrected chi connectivity index (χ4v) is 6.25. The molecule has 1 aliphatic rings. The first-order valence-electron chi connectivity index (χ1n) is 8.91. The Morgan fingerprint density at radius 1 is 1.24 bits per heavy atom. The molecular formula is C18H18N4O5S2. The highest BCUT2D eigenvalue weighted by Crippen LogP contribution is 2.30. The third-order valence-electron chi connectivity index (χ3n) is 4.99. The summed E-state index contributed by atoms with van der Waals surface area (Å²) in [6.45, 7) is 0.474. The number of thiophene rings is 1. The summed E-state index contributed by atoms with van der Waals surface area (Å²) >= 11 is 1.03. The van der Waals surface area contributed by atoms with Crippen LogP contribution in [-0.4, -0.2) is 53.4 Å². The van der Waals surface area contributed by atoms with Gasteiger partial charge in [0, 0.05) is 25.3 Å². The zero-order valence-corrected chi connectivity index (χ0v) is 17.1. The van der Waals surface area contributed by atoms with Gasteiger partial charge in [0.25, 0.3) is 5.56 Å². The van der Waals surface area contributed by atoms with Crippen molar-refractivity contribution in [3.05, 3.63) is 51.3 Å². The Balaban J connectivity index is 1.56. The van der Waals surface area contributed by atoms with Gasteiger partial charge in [0.2, 0.25) is 10.0 Å². The quantitative estimate of drug-likeness (QED) is 0.574. The molecular weight excluding hydrogens is 416 g/mol. The van der Waals surface area contributed by atoms with Crippen LogP contribution >= 0.6 is 11.3 Å². The van der Waals surface area contributed by atoms with Gasteiger partial charge in [-0.2, -0.15) is 4.31 Å². The molecule has 3 aromatic heterocycles. The number of rotatable bonds is 4. The van der Waals surface area contributed by atoms with E-state index in [9.17, 15) is 18.0 Å². The van der Waals surface area contributed by atoms with Gasteiger partial charge in [0.15, 0.2) is 5.65 Å². The molecule has 0 spiro atoms. The molecule has 4 heterocycles. The molecule has 0 aromatic carbocycles. The van der Waals surface area contributed by atoms with Crippen LogP contribution in [0, 0.1) is 0 Å². The molecule has 29 heavy (non-hydrogen) atoms. The predicted octanol–water partition coefficient (Wildman–Crippen LogP) is 1.67. The smallest absolute Gasteiger partial charge is 0.349 e. The fraction of sp³-hybridized carbons (Fsp3) is 0.333. The van der Waals surface area contributed by atoms with Gasteiger partial charge in [-0.15, -0.1) is 11.3 Å². The molecule has 0 aliphatic carbocycles. The summed E-state index contributed by atoms with van der Waals surface area (Å²) < 4.78 is 33.6. The highest BCUT2D eigenvalue weighted by molar-refractivity contribution is 7.89. The molecule has 0 radical (unpaired) electrons. The summed E-state index contributed by atoms with van der Waals surface area (Å²) in [7, 11) is -2.61. The van der Waals surface area contributed by atoms with Gasteiger partial charge in [-0.05, 0) is 36.4 Å². The number of nitrogens with zero attached hydrogens (tertiary/aromatic N) is 4. The molecule has 0 amide bonds. The van der Waals surface area contributed by atoms with Gasteiger partial charge < -0.3 is 4.74 Å². The SMILES string of the molecule is COC(=O)c1sccc1S(=O)(=O)N1CCC(n2cnc3ncccc3c2=O)CC1. The average Bonchev–Trinajstić information content (AvgIpc) is 3.25. The zero-order valence-electron chi connectivity index (χ0n) is 15.5. The second-order valence-electron chi connectivity index (χ2n) is 6.57. The zero-order chi connectivity index (χ0) is 20.6. The Labute approximate surface area is 170 Å². The number of hydrogen-bond acceptors (Lipinski definition) is 8. The van der Waals surface area contributed by atoms with Crippen LogP contribution in [0.5, 0.6) is 0 Å². The molecule has 0 unspecified atom stereocenters. The normalized spacial score (nSPS) is 16.2. The Hall–Kier alpha value is -2.63. The number of hydrogen-bond donors (Lipinski definition) is 0. The van der Waals surface area contributed by atoms with E-state index in [1.807, 2.05) is 0 Å². The van der Waals surface area contributed by atoms with Crippen LogP contribution in [0.4, 0.5) is 0 Å². The second kappa shape index (κ2) is 7.65. The molecule has 0 saturated carbocycles. The lowest BCUT2D eigenvalue weighted by Gasteiger charge is -2.32. The molecule has 0 atom stereocenters. The maximum atomic E-state index is 13.0. The van der Waals surface area contributed by atoms with E-state index in [4.69, 9.17) is 0 Å². The van der Waals surface area contributed by atoms with E-state index in [1.54, 1.807) is 28.3 Å². The van der Waals surface area contributed by atoms with Gasteiger partial charge in [0.1, 0.15) is 16.1 Å². The molecule has 0 N–H and O–H groups in total. The van der Waals surface area contributed by atoms with Crippen molar-refractivity contribution in [3.8, 4) is 0 Å². The third kappa shape index (κ3) is 3.45. The summed E-state index contributed by atoms with van der Waals surface area (Å²) in [6.07, 6.45) is 3.98. The highest BCUT2D eigenvalue weighted by Gasteiger charge is 2.34. The van der Waals surface area contributed by atoms with E-state index < -0.39 is 16.0 Å². The molecule has 152 valence electrons. The first-order valence-corrected chi connectivity index (χ1v) is 11.2. The van der Waals surface area contributed by atoms with Crippen LogP contribution < -0.4 is 5.56 Å². The van der Waals surface area contributed by atoms with Crippen molar-refractivity contribution in [1.29, 1.82) is 0 Å². The Kier molecular flexibility index (Phi) is 5.19. The molecule has 1 aliphatic heterocycles. The van der Waals surface area contributed by atoms with Crippen molar-refractivity contribution in [3.63, 3.8) is 0 Å². The number of fused-ring (bicyclic) bond motifs is 1. The van der Waals surface area contributed by atoms with E-state index in [0.717, 1.165) is 11.3 Å². The van der Waals surface area contributed by atoms with Crippen molar-refractivity contribution in [2.24, 2.45) is 0 Å². The second-order valence-corrected chi connectivity index (χ2v) is 9.39. The van der Waals surface area contributed by atoms with Gasteiger partial charge in [-0.3, -0.25) is 9.36 Å². The number of pyridine rings is 1. The Bertz CT molecular complexity index is 1230. The summed E-state index contributed by atoms with van der Waals surface area (Å²) in [6, 6.07) is 4.63. The van der Waals surface area contributed by atoms with Crippen molar-refractivity contribution in [1.82, 2.24) is 18.8 Å². The van der Waals surface area contributed by atoms with Gasteiger partial charge in [-0.1, -0.05) is 0 Å². The molecule has 11 heteroatoms. The standard InChI is InChI=1S/C18H18N4O5S2/c1-27-18(24)15-14(6-10-28-15)29(25,26)21-8-4-12(5-9-21)22-11-20-16-13(17(22)23)3-2-7-19-16/h2-3,6-7,10-12H,4-5,8-9H2,1H3. The van der Waals surface area contributed by atoms with Crippen molar-refractivity contribution in [2.75, 3.05) is 20.2 Å². The van der Waals surface area contributed by atoms with Crippen LogP contribution in [0.2, 0.25) is 0 Å². The lowest BCUT2D eigenvalue weighted by Crippen LogP contribution is -2.41. The van der Waals surface area contributed by atoms with E-state index >= 15 is 0 Å². The predicted molar refractivity (Wildman–Crippen MR) is 106 cm³/mol. The van der Waals surface area contributed by atoms with E-state index in [1.165, 1.54) is 23.8 Å². The number of piperidine rings is 1. The molecule has 0 bridgehead atoms. The van der Waals surface area contributed by atoms with E-state index in [-0.39, 0.29) is 34.5 Å². The molecule has 1 fully saturated rings. The van der Waals surface area contributed by atoms with E-state index in [2.05, 4.69) is 14.7 Å². The van der Waals surface area contributed by atoms with Crippen molar-refractivity contribution < 1.29 is 17.9 Å². The number of carbonyl (C=O) groups is 1. The number of carbonyl (C=O) groups excluding carboxylic acids is 1. The molecule has 9 nitrogen and oxygen atoms in total. The highest BCUT2D eigenvalue weighted by atomic mass is 32.2. The third-order valence-corrected chi connectivity index (χ3v) is 7.96. The van der Waals surface area contributed by atoms with Crippen LogP contribution in [0.1, 0.15) is 28.6 Å². The number of methoxy groups -OCH3 is 1. The van der Waals surface area contributed by atoms with Gasteiger partial charge in [0.05, 0.1) is 12.5 Å². The summed E-state index contributed by atoms with van der Waals surface area (Å²) in [5, 5.41) is 1.99. The number of esters is 1. The summed E-state index contributed by atoms with van der Waals surface area (Å²) in [5.41, 5.74) is 0.205. The number of sulfonamides is 1. The number of ether oxygens (including phenoxy) is 1. The summed E-state index contributed by atoms with van der Waals surface area (Å²) in [5.74, 6) is -0.670. The van der Waals surface area contributed by atoms with Crippen LogP contribution in [-0.2, 0) is 14.8 Å². The minimum absolute atomic E-state index is 0.0385. The lowest BCUT2D eigenvalue weighted by atomic mass is 10.1. The maximum absolute atomic E-state index is 13.0. The largest absolute Gasteiger partial charge is 0.465 e. The molecule has 4 rings (SSSR count). The van der Waals surface area contributed by atoms with Crippen LogP contribution in [0.3, 0.4) is 0 Å². The first kappa shape index (κ1) is 19.7. The van der Waals surface area contributed by atoms with Gasteiger partial charge in [-0.25, -0.2) is 23.2 Å². The lowest BCUT2D eigenvalue weighted by molar-refractivity contribution is 0.0602. The molecule has 1 saturated heterocycles. The van der Waals surface area contributed by atoms with Crippen LogP contribution in [0.25, 0.3) is 11.0 Å². The Morgan fingerprint density at radius 2 is 2.00 bits per heavy atom. The maximum Gasteiger partial charge on any atom is 0.349 e. The summed E-state index contributed by atoms with van der Waals surface area (Å²) in [4.78, 5) is 33.0. The van der Waals surface area contributed by atoms with Crippen LogP contribution in [0.15, 0.2) is 45.8 Å². The topological polar surface area (TPSA) is 111 Å². The average molecular weight is 434 g/mol. The van der Waals surface area contributed by atoms with Gasteiger partial charge >= 0.3 is 5.97 Å². The monoisotopic (exact) mass is 434 g/mol. The first-order chi connectivity index (χ1) is 13.9. The fourth-order valence-electron chi connectivity index (χ4n) is 3.48. The van der Waals surface area contributed by atoms with E-state index in [0.29, 0.717) is 23.9 Å². The minimum Gasteiger partial charge on any atom is -0.465 e. The van der Waals surface area contributed by atoms with Crippen molar-refractivity contribution in [2.45, 2.75) is 23.8 Å².